The van der Waals surface area contributed by atoms with E-state index in [-0.39, 0.29) is 24.6 Å². The quantitative estimate of drug-likeness (QED) is 0.674. The maximum atomic E-state index is 12.2. The molecule has 2 atom stereocenters. The number of carbonyl (C=O) groups excluding carboxylic acids is 1. The van der Waals surface area contributed by atoms with Crippen molar-refractivity contribution in [2.75, 3.05) is 12.3 Å². The summed E-state index contributed by atoms with van der Waals surface area (Å²) < 4.78 is 1.70. The van der Waals surface area contributed by atoms with E-state index in [1.165, 1.54) is 16.7 Å². The third kappa shape index (κ3) is 3.00. The highest BCUT2D eigenvalue weighted by atomic mass is 32.2. The lowest BCUT2D eigenvalue weighted by molar-refractivity contribution is -0.147. The molecule has 2 N–H and O–H groups in total. The molecule has 1 aliphatic carbocycles. The van der Waals surface area contributed by atoms with Crippen LogP contribution in [0.5, 0.6) is 0 Å². The number of aromatic nitrogens is 4. The molecule has 0 radical (unpaired) electrons. The minimum Gasteiger partial charge on any atom is -0.480 e. The van der Waals surface area contributed by atoms with E-state index in [0.29, 0.717) is 11.2 Å². The van der Waals surface area contributed by atoms with E-state index >= 15 is 0 Å². The molecule has 0 aromatic carbocycles. The van der Waals surface area contributed by atoms with Crippen LogP contribution in [0.2, 0.25) is 0 Å². The number of aliphatic hydroxyl groups is 1. The van der Waals surface area contributed by atoms with Crippen molar-refractivity contribution in [2.24, 2.45) is 0 Å². The van der Waals surface area contributed by atoms with Gasteiger partial charge in [-0.2, -0.15) is 0 Å². The van der Waals surface area contributed by atoms with E-state index in [0.717, 1.165) is 12.8 Å². The van der Waals surface area contributed by atoms with Crippen LogP contribution in [-0.2, 0) is 9.59 Å². The first-order valence-electron chi connectivity index (χ1n) is 6.67. The SMILES string of the molecule is O=C(O)C1CC(O)CN1C(=O)CSc1nnnn1C1CC1. The highest BCUT2D eigenvalue weighted by molar-refractivity contribution is 7.99. The van der Waals surface area contributed by atoms with Crippen molar-refractivity contribution >= 4 is 23.6 Å². The van der Waals surface area contributed by atoms with E-state index in [4.69, 9.17) is 5.11 Å². The second-order valence-corrected chi connectivity index (χ2v) is 6.16. The van der Waals surface area contributed by atoms with Crippen LogP contribution < -0.4 is 0 Å². The van der Waals surface area contributed by atoms with Gasteiger partial charge in [0.1, 0.15) is 6.04 Å². The number of hydrogen-bond acceptors (Lipinski definition) is 7. The fourth-order valence-corrected chi connectivity index (χ4v) is 3.19. The van der Waals surface area contributed by atoms with Gasteiger partial charge in [-0.3, -0.25) is 4.79 Å². The van der Waals surface area contributed by atoms with Crippen LogP contribution in [0.25, 0.3) is 0 Å². The van der Waals surface area contributed by atoms with Crippen molar-refractivity contribution in [3.8, 4) is 0 Å². The molecule has 10 heteroatoms. The van der Waals surface area contributed by atoms with Gasteiger partial charge in [0.2, 0.25) is 11.1 Å². The van der Waals surface area contributed by atoms with Gasteiger partial charge in [-0.1, -0.05) is 11.8 Å². The highest BCUT2D eigenvalue weighted by Gasteiger charge is 2.39. The molecular formula is C11H15N5O4S. The van der Waals surface area contributed by atoms with E-state index in [1.807, 2.05) is 0 Å². The Morgan fingerprint density at radius 1 is 1.38 bits per heavy atom. The van der Waals surface area contributed by atoms with Crippen LogP contribution in [0.1, 0.15) is 25.3 Å². The van der Waals surface area contributed by atoms with Crippen molar-refractivity contribution in [3.63, 3.8) is 0 Å². The van der Waals surface area contributed by atoms with Gasteiger partial charge in [-0.05, 0) is 23.3 Å². The summed E-state index contributed by atoms with van der Waals surface area (Å²) in [5.74, 6) is -1.36. The zero-order valence-corrected chi connectivity index (χ0v) is 11.9. The van der Waals surface area contributed by atoms with Gasteiger partial charge in [0, 0.05) is 13.0 Å². The van der Waals surface area contributed by atoms with E-state index in [9.17, 15) is 14.7 Å². The number of nitrogens with zero attached hydrogens (tertiary/aromatic N) is 5. The second kappa shape index (κ2) is 5.60. The Labute approximate surface area is 124 Å². The van der Waals surface area contributed by atoms with Gasteiger partial charge in [0.15, 0.2) is 0 Å². The van der Waals surface area contributed by atoms with Gasteiger partial charge in [-0.25, -0.2) is 9.48 Å². The highest BCUT2D eigenvalue weighted by Crippen LogP contribution is 2.36. The molecule has 1 amide bonds. The summed E-state index contributed by atoms with van der Waals surface area (Å²) in [6, 6.07) is -0.634. The number of hydrogen-bond donors (Lipinski definition) is 2. The molecule has 3 rings (SSSR count). The van der Waals surface area contributed by atoms with Crippen molar-refractivity contribution in [1.82, 2.24) is 25.1 Å². The van der Waals surface area contributed by atoms with Gasteiger partial charge in [-0.15, -0.1) is 5.10 Å². The molecule has 2 aliphatic rings. The third-order valence-electron chi connectivity index (χ3n) is 3.56. The molecule has 1 aromatic rings. The van der Waals surface area contributed by atoms with Crippen LogP contribution in [0, 0.1) is 0 Å². The molecule has 2 fully saturated rings. The van der Waals surface area contributed by atoms with Crippen LogP contribution in [0.15, 0.2) is 5.16 Å². The monoisotopic (exact) mass is 313 g/mol. The molecule has 1 aromatic heterocycles. The lowest BCUT2D eigenvalue weighted by Gasteiger charge is -2.20. The van der Waals surface area contributed by atoms with Gasteiger partial charge >= 0.3 is 5.97 Å². The standard InChI is InChI=1S/C11H15N5O4S/c17-7-3-8(10(19)20)15(4-7)9(18)5-21-11-12-13-14-16(11)6-1-2-6/h6-8,17H,1-5H2,(H,19,20). The summed E-state index contributed by atoms with van der Waals surface area (Å²) in [4.78, 5) is 24.5. The van der Waals surface area contributed by atoms with E-state index < -0.39 is 18.1 Å². The van der Waals surface area contributed by atoms with Gasteiger partial charge in [0.05, 0.1) is 17.9 Å². The van der Waals surface area contributed by atoms with Gasteiger partial charge in [0.25, 0.3) is 0 Å². The van der Waals surface area contributed by atoms with Crippen molar-refractivity contribution in [2.45, 2.75) is 42.6 Å². The Morgan fingerprint density at radius 3 is 2.81 bits per heavy atom. The summed E-state index contributed by atoms with van der Waals surface area (Å²) in [6.07, 6.45) is 1.36. The Balaban J connectivity index is 1.60. The third-order valence-corrected chi connectivity index (χ3v) is 4.48. The first-order chi connectivity index (χ1) is 10.1. The van der Waals surface area contributed by atoms with E-state index in [1.54, 1.807) is 4.68 Å². The normalized spacial score (nSPS) is 25.3. The minimum absolute atomic E-state index is 0.0591. The largest absolute Gasteiger partial charge is 0.480 e. The maximum Gasteiger partial charge on any atom is 0.326 e. The zero-order valence-electron chi connectivity index (χ0n) is 11.1. The van der Waals surface area contributed by atoms with E-state index in [2.05, 4.69) is 15.5 Å². The van der Waals surface area contributed by atoms with Crippen LogP contribution >= 0.6 is 11.8 Å². The molecule has 1 aliphatic heterocycles. The summed E-state index contributed by atoms with van der Waals surface area (Å²) in [7, 11) is 0. The predicted molar refractivity (Wildman–Crippen MR) is 70.6 cm³/mol. The maximum absolute atomic E-state index is 12.2. The number of carbonyl (C=O) groups is 2. The smallest absolute Gasteiger partial charge is 0.326 e. The molecule has 1 saturated carbocycles. The molecule has 0 spiro atoms. The molecule has 114 valence electrons. The molecule has 21 heavy (non-hydrogen) atoms. The number of carboxylic acids is 1. The summed E-state index contributed by atoms with van der Waals surface area (Å²) >= 11 is 1.19. The Hall–Kier alpha value is -1.68. The minimum atomic E-state index is -1.09. The van der Waals surface area contributed by atoms with Crippen molar-refractivity contribution in [3.05, 3.63) is 0 Å². The average molecular weight is 313 g/mol. The number of carboxylic acid groups (broad SMARTS) is 1. The Morgan fingerprint density at radius 2 is 2.14 bits per heavy atom. The topological polar surface area (TPSA) is 121 Å². The van der Waals surface area contributed by atoms with Crippen molar-refractivity contribution in [1.29, 1.82) is 0 Å². The molecule has 2 heterocycles. The van der Waals surface area contributed by atoms with Crippen LogP contribution in [-0.4, -0.2) is 71.6 Å². The number of amides is 1. The molecule has 0 bridgehead atoms. The zero-order chi connectivity index (χ0) is 15.0. The Kier molecular flexibility index (Phi) is 3.81. The number of tetrazole rings is 1. The number of β-amino-alcohol motifs (C(OH)–C–C–N with tert-alkyl or cyclic N) is 1. The number of rotatable bonds is 5. The number of aliphatic carboxylic acids is 1. The molecule has 2 unspecified atom stereocenters. The first-order valence-corrected chi connectivity index (χ1v) is 7.66. The summed E-state index contributed by atoms with van der Waals surface area (Å²) in [5.41, 5.74) is 0. The number of aliphatic hydroxyl groups excluding tert-OH is 1. The van der Waals surface area contributed by atoms with Crippen LogP contribution in [0.3, 0.4) is 0 Å². The second-order valence-electron chi connectivity index (χ2n) is 5.22. The molecular weight excluding hydrogens is 298 g/mol. The Bertz CT molecular complexity index is 561. The summed E-state index contributed by atoms with van der Waals surface area (Å²) in [6.45, 7) is 0.0594. The first kappa shape index (κ1) is 14.3. The van der Waals surface area contributed by atoms with Crippen molar-refractivity contribution < 1.29 is 19.8 Å². The fraction of sp³-hybridized carbons (Fsp3) is 0.727. The molecule has 1 saturated heterocycles. The number of thioether (sulfide) groups is 1. The fourth-order valence-electron chi connectivity index (χ4n) is 2.36. The molecule has 9 nitrogen and oxygen atoms in total. The lowest BCUT2D eigenvalue weighted by atomic mass is 10.2. The van der Waals surface area contributed by atoms with Crippen LogP contribution in [0.4, 0.5) is 0 Å². The number of likely N-dealkylation sites (tertiary alicyclic amines) is 1. The lowest BCUT2D eigenvalue weighted by Crippen LogP contribution is -2.41. The predicted octanol–water partition coefficient (Wildman–Crippen LogP) is -0.853. The average Bonchev–Trinajstić information content (AvgIpc) is 3.04. The summed E-state index contributed by atoms with van der Waals surface area (Å²) in [5, 5.41) is 30.5. The van der Waals surface area contributed by atoms with Gasteiger partial charge < -0.3 is 15.1 Å².